The minimum absolute atomic E-state index is 0.00258. The fraction of sp³-hybridized carbons (Fsp3) is 0.190. The van der Waals surface area contributed by atoms with Crippen LogP contribution in [0.25, 0.3) is 15.3 Å². The first-order chi connectivity index (χ1) is 13.6. The van der Waals surface area contributed by atoms with Gasteiger partial charge < -0.3 is 5.32 Å². The van der Waals surface area contributed by atoms with Gasteiger partial charge in [-0.25, -0.2) is 4.98 Å². The van der Waals surface area contributed by atoms with Crippen LogP contribution in [-0.2, 0) is 4.79 Å². The predicted molar refractivity (Wildman–Crippen MR) is 115 cm³/mol. The number of para-hydroxylation sites is 1. The Kier molecular flexibility index (Phi) is 4.21. The van der Waals surface area contributed by atoms with E-state index in [4.69, 9.17) is 10.1 Å². The summed E-state index contributed by atoms with van der Waals surface area (Å²) in [6.45, 7) is 2.00. The van der Waals surface area contributed by atoms with Crippen molar-refractivity contribution >= 4 is 45.0 Å². The number of nitrogens with zero attached hydrogens (tertiary/aromatic N) is 3. The van der Waals surface area contributed by atoms with Crippen molar-refractivity contribution in [1.82, 2.24) is 14.8 Å². The summed E-state index contributed by atoms with van der Waals surface area (Å²) in [4.78, 5) is 18.5. The largest absolute Gasteiger partial charge is 0.310 e. The van der Waals surface area contributed by atoms with Crippen molar-refractivity contribution in [3.05, 3.63) is 65.4 Å². The molecule has 2 aromatic carbocycles. The van der Waals surface area contributed by atoms with Gasteiger partial charge in [0.25, 0.3) is 0 Å². The summed E-state index contributed by atoms with van der Waals surface area (Å²) in [6.07, 6.45) is 2.49. The highest BCUT2D eigenvalue weighted by Crippen LogP contribution is 2.41. The van der Waals surface area contributed by atoms with Gasteiger partial charge in [0.15, 0.2) is 0 Å². The van der Waals surface area contributed by atoms with Crippen LogP contribution in [0.5, 0.6) is 0 Å². The zero-order chi connectivity index (χ0) is 19.3. The van der Waals surface area contributed by atoms with Crippen LogP contribution in [-0.4, -0.2) is 26.9 Å². The lowest BCUT2D eigenvalue weighted by atomic mass is 9.86. The molecule has 0 aliphatic carbocycles. The number of nitrogens with one attached hydrogen (secondary N) is 1. The molecule has 0 fully saturated rings. The molecule has 1 aliphatic heterocycles. The second-order valence-corrected chi connectivity index (χ2v) is 8.69. The maximum Gasteiger partial charge on any atom is 0.226 e. The average Bonchev–Trinajstić information content (AvgIpc) is 3.28. The maximum atomic E-state index is 12.5. The molecule has 1 atom stereocenters. The fourth-order valence-electron chi connectivity index (χ4n) is 3.76. The van der Waals surface area contributed by atoms with Gasteiger partial charge in [0.05, 0.1) is 15.9 Å². The maximum absolute atomic E-state index is 12.5. The molecule has 140 valence electrons. The number of rotatable bonds is 3. The van der Waals surface area contributed by atoms with E-state index in [-0.39, 0.29) is 11.8 Å². The molecule has 0 radical (unpaired) electrons. The summed E-state index contributed by atoms with van der Waals surface area (Å²) < 4.78 is 2.89. The Labute approximate surface area is 170 Å². The van der Waals surface area contributed by atoms with E-state index in [2.05, 4.69) is 35.8 Å². The van der Waals surface area contributed by atoms with E-state index in [1.165, 1.54) is 4.90 Å². The van der Waals surface area contributed by atoms with Gasteiger partial charge in [0.1, 0.15) is 5.82 Å². The number of carbonyl (C=O) groups is 1. The molecule has 4 aromatic rings. The summed E-state index contributed by atoms with van der Waals surface area (Å²) in [6, 6.07) is 16.5. The number of anilines is 1. The van der Waals surface area contributed by atoms with E-state index in [1.807, 2.05) is 31.2 Å². The Balaban J connectivity index is 1.64. The monoisotopic (exact) mass is 406 g/mol. The van der Waals surface area contributed by atoms with Crippen molar-refractivity contribution in [2.75, 3.05) is 11.6 Å². The standard InChI is InChI=1S/C21H18N4OS2/c1-12-19-15(13-7-9-14(27-2)10-8-13)11-18(26)23-20(19)25(24-12)21-22-16-5-3-4-6-17(16)28-21/h3-10,15H,11H2,1-2H3,(H,23,26)/t15-/m1/s1. The smallest absolute Gasteiger partial charge is 0.226 e. The Morgan fingerprint density at radius 3 is 2.71 bits per heavy atom. The Morgan fingerprint density at radius 2 is 1.96 bits per heavy atom. The normalized spacial score (nSPS) is 16.2. The quantitative estimate of drug-likeness (QED) is 0.487. The lowest BCUT2D eigenvalue weighted by molar-refractivity contribution is -0.116. The lowest BCUT2D eigenvalue weighted by Crippen LogP contribution is -2.24. The van der Waals surface area contributed by atoms with Crippen LogP contribution in [0.15, 0.2) is 53.4 Å². The average molecular weight is 407 g/mol. The van der Waals surface area contributed by atoms with Crippen LogP contribution in [0.2, 0.25) is 0 Å². The van der Waals surface area contributed by atoms with Crippen LogP contribution >= 0.6 is 23.1 Å². The number of fused-ring (bicyclic) bond motifs is 2. The Hall–Kier alpha value is -2.64. The number of hydrogen-bond acceptors (Lipinski definition) is 5. The van der Waals surface area contributed by atoms with Gasteiger partial charge >= 0.3 is 0 Å². The highest BCUT2D eigenvalue weighted by atomic mass is 32.2. The molecule has 1 aliphatic rings. The SMILES string of the molecule is CSc1ccc([C@H]2CC(=O)Nc3c2c(C)nn3-c2nc3ccccc3s2)cc1. The number of thiazole rings is 1. The van der Waals surface area contributed by atoms with Gasteiger partial charge in [-0.15, -0.1) is 11.8 Å². The number of hydrogen-bond donors (Lipinski definition) is 1. The van der Waals surface area contributed by atoms with Gasteiger partial charge in [0, 0.05) is 22.8 Å². The molecule has 3 heterocycles. The number of thioether (sulfide) groups is 1. The third-order valence-corrected chi connectivity index (χ3v) is 6.84. The molecule has 7 heteroatoms. The number of aryl methyl sites for hydroxylation is 1. The van der Waals surface area contributed by atoms with Crippen molar-refractivity contribution in [2.24, 2.45) is 0 Å². The predicted octanol–water partition coefficient (Wildman–Crippen LogP) is 4.99. The molecule has 0 unspecified atom stereocenters. The molecular weight excluding hydrogens is 388 g/mol. The van der Waals surface area contributed by atoms with Crippen LogP contribution in [0.1, 0.15) is 29.2 Å². The summed E-state index contributed by atoms with van der Waals surface area (Å²) in [5.41, 5.74) is 4.08. The van der Waals surface area contributed by atoms with Crippen LogP contribution in [0.3, 0.4) is 0 Å². The van der Waals surface area contributed by atoms with Gasteiger partial charge in [0.2, 0.25) is 11.0 Å². The molecule has 0 bridgehead atoms. The van der Waals surface area contributed by atoms with E-state index in [0.717, 1.165) is 38.0 Å². The zero-order valence-corrected chi connectivity index (χ0v) is 17.1. The van der Waals surface area contributed by atoms with Gasteiger partial charge in [-0.3, -0.25) is 4.79 Å². The van der Waals surface area contributed by atoms with Gasteiger partial charge in [-0.05, 0) is 43.0 Å². The molecule has 5 rings (SSSR count). The van der Waals surface area contributed by atoms with Crippen molar-refractivity contribution < 1.29 is 4.79 Å². The second kappa shape index (κ2) is 6.76. The topological polar surface area (TPSA) is 59.8 Å². The molecule has 0 saturated carbocycles. The first-order valence-corrected chi connectivity index (χ1v) is 11.1. The van der Waals surface area contributed by atoms with Crippen molar-refractivity contribution in [2.45, 2.75) is 24.2 Å². The first-order valence-electron chi connectivity index (χ1n) is 9.03. The summed E-state index contributed by atoms with van der Waals surface area (Å²) >= 11 is 3.29. The number of amides is 1. The van der Waals surface area contributed by atoms with Crippen LogP contribution in [0, 0.1) is 6.92 Å². The highest BCUT2D eigenvalue weighted by molar-refractivity contribution is 7.98. The Bertz CT molecular complexity index is 1160. The van der Waals surface area contributed by atoms with Crippen LogP contribution < -0.4 is 5.32 Å². The lowest BCUT2D eigenvalue weighted by Gasteiger charge is -2.24. The second-order valence-electron chi connectivity index (χ2n) is 6.80. The molecule has 0 spiro atoms. The molecule has 2 aromatic heterocycles. The summed E-state index contributed by atoms with van der Waals surface area (Å²) in [5, 5.41) is 8.55. The van der Waals surface area contributed by atoms with Gasteiger partial charge in [-0.1, -0.05) is 35.6 Å². The summed E-state index contributed by atoms with van der Waals surface area (Å²) in [7, 11) is 0. The number of carbonyl (C=O) groups excluding carboxylic acids is 1. The van der Waals surface area contributed by atoms with E-state index < -0.39 is 0 Å². The first kappa shape index (κ1) is 17.5. The van der Waals surface area contributed by atoms with E-state index in [0.29, 0.717) is 6.42 Å². The molecule has 1 amide bonds. The minimum Gasteiger partial charge on any atom is -0.310 e. The minimum atomic E-state index is 0.00258. The number of benzene rings is 2. The van der Waals surface area contributed by atoms with Crippen LogP contribution in [0.4, 0.5) is 5.82 Å². The fourth-order valence-corrected chi connectivity index (χ4v) is 5.09. The molecule has 5 nitrogen and oxygen atoms in total. The molecular formula is C21H18N4OS2. The van der Waals surface area contributed by atoms with E-state index >= 15 is 0 Å². The third kappa shape index (κ3) is 2.82. The molecule has 28 heavy (non-hydrogen) atoms. The van der Waals surface area contributed by atoms with Gasteiger partial charge in [-0.2, -0.15) is 9.78 Å². The van der Waals surface area contributed by atoms with Crippen molar-refractivity contribution in [3.8, 4) is 5.13 Å². The third-order valence-electron chi connectivity index (χ3n) is 5.08. The zero-order valence-electron chi connectivity index (χ0n) is 15.5. The number of aromatic nitrogens is 3. The van der Waals surface area contributed by atoms with Crippen molar-refractivity contribution in [3.63, 3.8) is 0 Å². The molecule has 0 saturated heterocycles. The van der Waals surface area contributed by atoms with Crippen molar-refractivity contribution in [1.29, 1.82) is 0 Å². The highest BCUT2D eigenvalue weighted by Gasteiger charge is 2.33. The molecule has 1 N–H and O–H groups in total. The van der Waals surface area contributed by atoms with E-state index in [9.17, 15) is 4.79 Å². The summed E-state index contributed by atoms with van der Waals surface area (Å²) in [5.74, 6) is 0.753. The van der Waals surface area contributed by atoms with E-state index in [1.54, 1.807) is 27.8 Å². The Morgan fingerprint density at radius 1 is 1.18 bits per heavy atom.